The highest BCUT2D eigenvalue weighted by molar-refractivity contribution is 5.74. The molecule has 0 aromatic heterocycles. The smallest absolute Gasteiger partial charge is 0.314 e. The second kappa shape index (κ2) is 9.77. The van der Waals surface area contributed by atoms with Crippen molar-refractivity contribution in [3.63, 3.8) is 0 Å². The van der Waals surface area contributed by atoms with E-state index >= 15 is 0 Å². The number of hydrogen-bond donors (Lipinski definition) is 3. The van der Waals surface area contributed by atoms with Crippen LogP contribution in [0, 0.1) is 0 Å². The zero-order valence-electron chi connectivity index (χ0n) is 9.88. The average Bonchev–Trinajstić information content (AvgIpc) is 2.17. The predicted molar refractivity (Wildman–Crippen MR) is 61.8 cm³/mol. The van der Waals surface area contributed by atoms with E-state index in [1.54, 1.807) is 0 Å². The molecular formula is C11H24N2O2. The molecular weight excluding hydrogens is 192 g/mol. The Bertz CT molecular complexity index is 163. The lowest BCUT2D eigenvalue weighted by Crippen LogP contribution is -2.41. The summed E-state index contributed by atoms with van der Waals surface area (Å²) in [6.45, 7) is 4.89. The number of rotatable bonds is 8. The third kappa shape index (κ3) is 9.53. The highest BCUT2D eigenvalue weighted by atomic mass is 16.3. The Morgan fingerprint density at radius 2 is 2.07 bits per heavy atom. The predicted octanol–water partition coefficient (Wildman–Crippen LogP) is 1.64. The Balaban J connectivity index is 3.32. The van der Waals surface area contributed by atoms with Crippen LogP contribution in [0.1, 0.15) is 46.0 Å². The summed E-state index contributed by atoms with van der Waals surface area (Å²) >= 11 is 0. The fourth-order valence-electron chi connectivity index (χ4n) is 1.29. The van der Waals surface area contributed by atoms with Crippen LogP contribution in [0.2, 0.25) is 0 Å². The Labute approximate surface area is 92.4 Å². The molecule has 4 nitrogen and oxygen atoms in total. The molecule has 0 aliphatic carbocycles. The lowest BCUT2D eigenvalue weighted by atomic mass is 10.2. The van der Waals surface area contributed by atoms with Gasteiger partial charge < -0.3 is 15.7 Å². The first kappa shape index (κ1) is 14.2. The van der Waals surface area contributed by atoms with E-state index in [2.05, 4.69) is 17.6 Å². The van der Waals surface area contributed by atoms with Crippen LogP contribution in [0.5, 0.6) is 0 Å². The van der Waals surface area contributed by atoms with Crippen molar-refractivity contribution >= 4 is 6.03 Å². The number of amides is 2. The summed E-state index contributed by atoms with van der Waals surface area (Å²) in [7, 11) is 0. The maximum absolute atomic E-state index is 11.3. The van der Waals surface area contributed by atoms with E-state index in [4.69, 9.17) is 5.11 Å². The quantitative estimate of drug-likeness (QED) is 0.540. The molecule has 0 aromatic rings. The molecule has 0 rings (SSSR count). The van der Waals surface area contributed by atoms with Gasteiger partial charge in [0.15, 0.2) is 0 Å². The van der Waals surface area contributed by atoms with Crippen LogP contribution >= 0.6 is 0 Å². The minimum absolute atomic E-state index is 0.0330. The van der Waals surface area contributed by atoms with E-state index in [1.807, 2.05) is 6.92 Å². The van der Waals surface area contributed by atoms with Gasteiger partial charge in [0.2, 0.25) is 0 Å². The molecule has 0 saturated heterocycles. The number of carbonyl (C=O) groups excluding carboxylic acids is 1. The third-order valence-corrected chi connectivity index (χ3v) is 2.26. The molecule has 0 radical (unpaired) electrons. The monoisotopic (exact) mass is 216 g/mol. The third-order valence-electron chi connectivity index (χ3n) is 2.26. The van der Waals surface area contributed by atoms with Crippen molar-refractivity contribution < 1.29 is 9.90 Å². The number of aliphatic hydroxyl groups excluding tert-OH is 1. The average molecular weight is 216 g/mol. The van der Waals surface area contributed by atoms with Gasteiger partial charge in [-0.15, -0.1) is 0 Å². The number of urea groups is 1. The fourth-order valence-corrected chi connectivity index (χ4v) is 1.29. The van der Waals surface area contributed by atoms with Crippen LogP contribution in [0.4, 0.5) is 4.79 Å². The largest absolute Gasteiger partial charge is 0.396 e. The summed E-state index contributed by atoms with van der Waals surface area (Å²) in [6.07, 6.45) is 5.24. The zero-order valence-corrected chi connectivity index (χ0v) is 9.88. The lowest BCUT2D eigenvalue weighted by Gasteiger charge is -2.13. The van der Waals surface area contributed by atoms with E-state index < -0.39 is 0 Å². The minimum atomic E-state index is -0.132. The van der Waals surface area contributed by atoms with Crippen LogP contribution < -0.4 is 10.6 Å². The van der Waals surface area contributed by atoms with Gasteiger partial charge in [0, 0.05) is 19.2 Å². The molecule has 0 unspecified atom stereocenters. The molecule has 4 heteroatoms. The highest BCUT2D eigenvalue weighted by Gasteiger charge is 2.04. The second-order valence-electron chi connectivity index (χ2n) is 3.87. The van der Waals surface area contributed by atoms with Gasteiger partial charge in [-0.05, 0) is 19.8 Å². The summed E-state index contributed by atoms with van der Waals surface area (Å²) in [6, 6.07) is -0.0990. The van der Waals surface area contributed by atoms with Crippen LogP contribution in [0.3, 0.4) is 0 Å². The van der Waals surface area contributed by atoms with Gasteiger partial charge in [-0.2, -0.15) is 0 Å². The normalized spacial score (nSPS) is 12.2. The van der Waals surface area contributed by atoms with Crippen LogP contribution in [0.15, 0.2) is 0 Å². The number of unbranched alkanes of at least 4 members (excludes halogenated alkanes) is 3. The lowest BCUT2D eigenvalue weighted by molar-refractivity contribution is 0.231. The fraction of sp³-hybridized carbons (Fsp3) is 0.909. The minimum Gasteiger partial charge on any atom is -0.396 e. The summed E-state index contributed by atoms with van der Waals surface area (Å²) in [4.78, 5) is 11.3. The van der Waals surface area contributed by atoms with Crippen LogP contribution in [-0.2, 0) is 0 Å². The van der Waals surface area contributed by atoms with E-state index in [9.17, 15) is 4.79 Å². The first-order valence-electron chi connectivity index (χ1n) is 5.86. The first-order chi connectivity index (χ1) is 7.20. The van der Waals surface area contributed by atoms with Crippen molar-refractivity contribution in [2.24, 2.45) is 0 Å². The van der Waals surface area contributed by atoms with Crippen molar-refractivity contribution in [3.8, 4) is 0 Å². The van der Waals surface area contributed by atoms with Gasteiger partial charge >= 0.3 is 6.03 Å². The summed E-state index contributed by atoms with van der Waals surface area (Å²) in [5.74, 6) is 0. The zero-order chi connectivity index (χ0) is 11.5. The van der Waals surface area contributed by atoms with Gasteiger partial charge in [-0.25, -0.2) is 4.79 Å². The number of carbonyl (C=O) groups is 1. The standard InChI is InChI=1S/C11H24N2O2/c1-3-4-5-6-8-12-11(15)13-10(2)7-9-14/h10,14H,3-9H2,1-2H3,(H2,12,13,15)/t10-/m1/s1. The van der Waals surface area contributed by atoms with Crippen LogP contribution in [0.25, 0.3) is 0 Å². The molecule has 0 fully saturated rings. The summed E-state index contributed by atoms with van der Waals surface area (Å²) < 4.78 is 0. The summed E-state index contributed by atoms with van der Waals surface area (Å²) in [5, 5.41) is 14.2. The van der Waals surface area contributed by atoms with Crippen molar-refractivity contribution in [1.29, 1.82) is 0 Å². The van der Waals surface area contributed by atoms with Gasteiger partial charge in [0.05, 0.1) is 0 Å². The molecule has 0 aromatic carbocycles. The highest BCUT2D eigenvalue weighted by Crippen LogP contribution is 1.96. The second-order valence-corrected chi connectivity index (χ2v) is 3.87. The molecule has 0 aliphatic rings. The van der Waals surface area contributed by atoms with E-state index in [0.29, 0.717) is 6.42 Å². The SMILES string of the molecule is CCCCCCNC(=O)N[C@H](C)CCO. The van der Waals surface area contributed by atoms with Gasteiger partial charge in [-0.1, -0.05) is 26.2 Å². The Hall–Kier alpha value is -0.770. The van der Waals surface area contributed by atoms with Crippen LogP contribution in [-0.4, -0.2) is 30.3 Å². The Morgan fingerprint density at radius 3 is 2.67 bits per heavy atom. The molecule has 0 saturated carbocycles. The molecule has 0 aliphatic heterocycles. The molecule has 1 atom stereocenters. The number of aliphatic hydroxyl groups is 1. The Morgan fingerprint density at radius 1 is 1.33 bits per heavy atom. The maximum atomic E-state index is 11.3. The Kier molecular flexibility index (Phi) is 9.27. The molecule has 0 heterocycles. The maximum Gasteiger partial charge on any atom is 0.314 e. The van der Waals surface area contributed by atoms with Crippen molar-refractivity contribution in [2.75, 3.05) is 13.2 Å². The van der Waals surface area contributed by atoms with Crippen molar-refractivity contribution in [2.45, 2.75) is 52.0 Å². The topological polar surface area (TPSA) is 61.4 Å². The number of nitrogens with one attached hydrogen (secondary N) is 2. The van der Waals surface area contributed by atoms with E-state index in [0.717, 1.165) is 13.0 Å². The van der Waals surface area contributed by atoms with Gasteiger partial charge in [-0.3, -0.25) is 0 Å². The molecule has 15 heavy (non-hydrogen) atoms. The first-order valence-corrected chi connectivity index (χ1v) is 5.86. The summed E-state index contributed by atoms with van der Waals surface area (Å²) in [5.41, 5.74) is 0. The van der Waals surface area contributed by atoms with E-state index in [-0.39, 0.29) is 18.7 Å². The molecule has 90 valence electrons. The molecule has 2 amide bonds. The van der Waals surface area contributed by atoms with Crippen molar-refractivity contribution in [1.82, 2.24) is 10.6 Å². The van der Waals surface area contributed by atoms with E-state index in [1.165, 1.54) is 19.3 Å². The molecule has 0 bridgehead atoms. The molecule has 3 N–H and O–H groups in total. The van der Waals surface area contributed by atoms with Crippen molar-refractivity contribution in [3.05, 3.63) is 0 Å². The van der Waals surface area contributed by atoms with Gasteiger partial charge in [0.1, 0.15) is 0 Å². The molecule has 0 spiro atoms. The van der Waals surface area contributed by atoms with Gasteiger partial charge in [0.25, 0.3) is 0 Å². The number of hydrogen-bond acceptors (Lipinski definition) is 2.